The maximum Gasteiger partial charge on any atom is 0.240 e. The van der Waals surface area contributed by atoms with E-state index in [0.29, 0.717) is 6.54 Å². The normalized spacial score (nSPS) is 11.8. The van der Waals surface area contributed by atoms with Crippen molar-refractivity contribution in [1.82, 2.24) is 4.90 Å². The zero-order chi connectivity index (χ0) is 11.3. The summed E-state index contributed by atoms with van der Waals surface area (Å²) in [5, 5.41) is 3.99. The lowest BCUT2D eigenvalue weighted by atomic mass is 10.2. The second kappa shape index (κ2) is 5.54. The van der Waals surface area contributed by atoms with Gasteiger partial charge in [-0.1, -0.05) is 0 Å². The van der Waals surface area contributed by atoms with Crippen LogP contribution in [-0.4, -0.2) is 23.9 Å². The van der Waals surface area contributed by atoms with Gasteiger partial charge >= 0.3 is 0 Å². The first-order chi connectivity index (χ1) is 7.15. The quantitative estimate of drug-likeness (QED) is 0.774. The van der Waals surface area contributed by atoms with Crippen LogP contribution in [0, 0.1) is 12.3 Å². The Bertz CT molecular complexity index is 353. The van der Waals surface area contributed by atoms with Crippen LogP contribution in [0.5, 0.6) is 0 Å². The lowest BCUT2D eigenvalue weighted by Crippen LogP contribution is -2.41. The highest BCUT2D eigenvalue weighted by Crippen LogP contribution is 2.09. The van der Waals surface area contributed by atoms with Gasteiger partial charge in [-0.2, -0.15) is 11.3 Å². The van der Waals surface area contributed by atoms with Crippen molar-refractivity contribution in [3.63, 3.8) is 0 Å². The van der Waals surface area contributed by atoms with Crippen molar-refractivity contribution in [2.75, 3.05) is 7.05 Å². The minimum absolute atomic E-state index is 0.112. The number of carbonyl (C=O) groups is 1. The molecule has 1 heterocycles. The summed E-state index contributed by atoms with van der Waals surface area (Å²) in [6.07, 6.45) is 5.39. The van der Waals surface area contributed by atoms with E-state index in [0.717, 1.165) is 5.56 Å². The Morgan fingerprint density at radius 1 is 1.80 bits per heavy atom. The Hall–Kier alpha value is -1.31. The van der Waals surface area contributed by atoms with E-state index in [9.17, 15) is 4.79 Å². The Labute approximate surface area is 93.9 Å². The molecule has 0 aliphatic heterocycles. The molecule has 80 valence electrons. The summed E-state index contributed by atoms with van der Waals surface area (Å²) >= 11 is 1.61. The van der Waals surface area contributed by atoms with E-state index in [1.807, 2.05) is 16.8 Å². The molecular weight excluding hydrogens is 208 g/mol. The second-order valence-electron chi connectivity index (χ2n) is 3.34. The van der Waals surface area contributed by atoms with Gasteiger partial charge in [0.05, 0.1) is 6.04 Å². The highest BCUT2D eigenvalue weighted by Gasteiger charge is 2.16. The van der Waals surface area contributed by atoms with E-state index in [4.69, 9.17) is 12.2 Å². The zero-order valence-corrected chi connectivity index (χ0v) is 9.46. The highest BCUT2D eigenvalue weighted by atomic mass is 32.1. The van der Waals surface area contributed by atoms with Crippen LogP contribution in [0.3, 0.4) is 0 Å². The highest BCUT2D eigenvalue weighted by molar-refractivity contribution is 7.07. The second-order valence-corrected chi connectivity index (χ2v) is 4.12. The summed E-state index contributed by atoms with van der Waals surface area (Å²) in [7, 11) is 1.73. The summed E-state index contributed by atoms with van der Waals surface area (Å²) in [6.45, 7) is 0.584. The van der Waals surface area contributed by atoms with Crippen LogP contribution in [-0.2, 0) is 11.3 Å². The molecule has 0 bridgehead atoms. The van der Waals surface area contributed by atoms with E-state index in [-0.39, 0.29) is 12.3 Å². The van der Waals surface area contributed by atoms with Crippen LogP contribution in [0.4, 0.5) is 0 Å². The number of hydrogen-bond acceptors (Lipinski definition) is 3. The molecule has 0 saturated carbocycles. The summed E-state index contributed by atoms with van der Waals surface area (Å²) in [5.41, 5.74) is 6.74. The third kappa shape index (κ3) is 3.39. The maximum atomic E-state index is 11.7. The fourth-order valence-electron chi connectivity index (χ4n) is 1.23. The molecule has 4 heteroatoms. The number of thiophene rings is 1. The maximum absolute atomic E-state index is 11.7. The molecule has 0 spiro atoms. The number of nitrogens with two attached hydrogens (primary N) is 1. The van der Waals surface area contributed by atoms with Crippen molar-refractivity contribution in [2.45, 2.75) is 19.0 Å². The molecule has 0 saturated heterocycles. The minimum Gasteiger partial charge on any atom is -0.340 e. The van der Waals surface area contributed by atoms with Crippen molar-refractivity contribution in [1.29, 1.82) is 0 Å². The minimum atomic E-state index is -0.585. The molecule has 15 heavy (non-hydrogen) atoms. The van der Waals surface area contributed by atoms with Crippen molar-refractivity contribution in [2.24, 2.45) is 5.73 Å². The summed E-state index contributed by atoms with van der Waals surface area (Å²) in [4.78, 5) is 13.3. The number of likely N-dealkylation sites (N-methyl/N-ethyl adjacent to an activating group) is 1. The third-order valence-corrected chi connectivity index (χ3v) is 2.76. The summed E-state index contributed by atoms with van der Waals surface area (Å²) in [5.74, 6) is 2.28. The smallest absolute Gasteiger partial charge is 0.240 e. The molecule has 0 radical (unpaired) electrons. The van der Waals surface area contributed by atoms with Gasteiger partial charge in [0.15, 0.2) is 0 Å². The summed E-state index contributed by atoms with van der Waals surface area (Å²) < 4.78 is 0. The van der Waals surface area contributed by atoms with E-state index < -0.39 is 6.04 Å². The van der Waals surface area contributed by atoms with Crippen LogP contribution < -0.4 is 5.73 Å². The molecule has 2 N–H and O–H groups in total. The largest absolute Gasteiger partial charge is 0.340 e. The van der Waals surface area contributed by atoms with Gasteiger partial charge in [0.25, 0.3) is 0 Å². The average molecular weight is 222 g/mol. The van der Waals surface area contributed by atoms with Crippen LogP contribution >= 0.6 is 11.3 Å². The molecule has 1 amide bonds. The van der Waals surface area contributed by atoms with Crippen molar-refractivity contribution >= 4 is 17.2 Å². The monoisotopic (exact) mass is 222 g/mol. The van der Waals surface area contributed by atoms with Crippen molar-refractivity contribution < 1.29 is 4.79 Å². The van der Waals surface area contributed by atoms with Crippen molar-refractivity contribution in [3.8, 4) is 12.3 Å². The Morgan fingerprint density at radius 2 is 2.53 bits per heavy atom. The average Bonchev–Trinajstić information content (AvgIpc) is 2.69. The van der Waals surface area contributed by atoms with Gasteiger partial charge in [-0.3, -0.25) is 4.79 Å². The Balaban J connectivity index is 2.50. The summed E-state index contributed by atoms with van der Waals surface area (Å²) in [6, 6.07) is 1.40. The molecule has 1 unspecified atom stereocenters. The van der Waals surface area contributed by atoms with Gasteiger partial charge in [-0.05, 0) is 22.4 Å². The van der Waals surface area contributed by atoms with E-state index in [1.165, 1.54) is 0 Å². The first kappa shape index (κ1) is 11.8. The van der Waals surface area contributed by atoms with Crippen LogP contribution in [0.25, 0.3) is 0 Å². The third-order valence-electron chi connectivity index (χ3n) is 2.03. The molecule has 0 fully saturated rings. The van der Waals surface area contributed by atoms with Crippen LogP contribution in [0.1, 0.15) is 12.0 Å². The van der Waals surface area contributed by atoms with Gasteiger partial charge in [0.2, 0.25) is 5.91 Å². The molecule has 1 aromatic heterocycles. The first-order valence-corrected chi connectivity index (χ1v) is 5.54. The Morgan fingerprint density at radius 3 is 3.07 bits per heavy atom. The lowest BCUT2D eigenvalue weighted by molar-refractivity contribution is -0.131. The van der Waals surface area contributed by atoms with E-state index >= 15 is 0 Å². The van der Waals surface area contributed by atoms with E-state index in [1.54, 1.807) is 23.3 Å². The number of amides is 1. The number of terminal acetylenes is 1. The SMILES string of the molecule is C#CCC(N)C(=O)N(C)Cc1ccsc1. The van der Waals surface area contributed by atoms with Gasteiger partial charge in [0, 0.05) is 20.0 Å². The van der Waals surface area contributed by atoms with Gasteiger partial charge in [0.1, 0.15) is 0 Å². The predicted molar refractivity (Wildman–Crippen MR) is 62.2 cm³/mol. The molecule has 1 aromatic rings. The molecule has 0 aliphatic carbocycles. The molecule has 3 nitrogen and oxygen atoms in total. The zero-order valence-electron chi connectivity index (χ0n) is 8.64. The topological polar surface area (TPSA) is 46.3 Å². The predicted octanol–water partition coefficient (Wildman–Crippen LogP) is 1.06. The van der Waals surface area contributed by atoms with Gasteiger partial charge in [-0.25, -0.2) is 0 Å². The number of rotatable bonds is 4. The van der Waals surface area contributed by atoms with E-state index in [2.05, 4.69) is 5.92 Å². The van der Waals surface area contributed by atoms with Gasteiger partial charge < -0.3 is 10.6 Å². The molecule has 1 atom stereocenters. The Kier molecular flexibility index (Phi) is 4.35. The molecule has 0 aliphatic rings. The number of carbonyl (C=O) groups excluding carboxylic acids is 1. The van der Waals surface area contributed by atoms with Gasteiger partial charge in [-0.15, -0.1) is 12.3 Å². The molecule has 1 rings (SSSR count). The van der Waals surface area contributed by atoms with Crippen LogP contribution in [0.15, 0.2) is 16.8 Å². The fraction of sp³-hybridized carbons (Fsp3) is 0.364. The number of nitrogens with zero attached hydrogens (tertiary/aromatic N) is 1. The van der Waals surface area contributed by atoms with Crippen LogP contribution in [0.2, 0.25) is 0 Å². The molecular formula is C11H14N2OS. The number of hydrogen-bond donors (Lipinski definition) is 1. The fourth-order valence-corrected chi connectivity index (χ4v) is 1.89. The lowest BCUT2D eigenvalue weighted by Gasteiger charge is -2.19. The first-order valence-electron chi connectivity index (χ1n) is 4.60. The standard InChI is InChI=1S/C11H14N2OS/c1-3-4-10(12)11(14)13(2)7-9-5-6-15-8-9/h1,5-6,8,10H,4,7,12H2,2H3. The van der Waals surface area contributed by atoms with Crippen molar-refractivity contribution in [3.05, 3.63) is 22.4 Å². The molecule has 0 aromatic carbocycles.